The minimum atomic E-state index is -0.494. The first-order valence-electron chi connectivity index (χ1n) is 6.62. The highest BCUT2D eigenvalue weighted by atomic mass is 79.9. The Kier molecular flexibility index (Phi) is 2.74. The number of fused-ring (bicyclic) bond motifs is 2. The summed E-state index contributed by atoms with van der Waals surface area (Å²) in [6.45, 7) is 5.97. The van der Waals surface area contributed by atoms with E-state index in [2.05, 4.69) is 22.5 Å². The Morgan fingerprint density at radius 2 is 2.18 bits per heavy atom. The number of aliphatic hydroxyl groups excluding tert-OH is 1. The quantitative estimate of drug-likeness (QED) is 0.621. The van der Waals surface area contributed by atoms with Gasteiger partial charge in [-0.3, -0.25) is 0 Å². The lowest BCUT2D eigenvalue weighted by molar-refractivity contribution is -0.00805. The lowest BCUT2D eigenvalue weighted by atomic mass is 9.80. The van der Waals surface area contributed by atoms with E-state index in [0.717, 1.165) is 31.3 Å². The highest BCUT2D eigenvalue weighted by molar-refractivity contribution is 9.09. The van der Waals surface area contributed by atoms with Crippen molar-refractivity contribution >= 4 is 15.9 Å². The largest absolute Gasteiger partial charge is 0.392 e. The van der Waals surface area contributed by atoms with Gasteiger partial charge in [0.05, 0.1) is 11.7 Å². The third-order valence-electron chi connectivity index (χ3n) is 5.22. The van der Waals surface area contributed by atoms with Gasteiger partial charge in [0, 0.05) is 4.83 Å². The Morgan fingerprint density at radius 3 is 2.71 bits per heavy atom. The molecule has 2 nitrogen and oxygen atoms in total. The van der Waals surface area contributed by atoms with Gasteiger partial charge >= 0.3 is 0 Å². The normalized spacial score (nSPS) is 56.2. The maximum absolute atomic E-state index is 10.7. The van der Waals surface area contributed by atoms with E-state index in [1.54, 1.807) is 0 Å². The molecule has 2 N–H and O–H groups in total. The van der Waals surface area contributed by atoms with Crippen molar-refractivity contribution in [1.29, 1.82) is 0 Å². The van der Waals surface area contributed by atoms with Gasteiger partial charge < -0.3 is 10.2 Å². The number of rotatable bonds is 3. The molecule has 0 aromatic heterocycles. The Balaban J connectivity index is 1.70. The maximum atomic E-state index is 10.7. The summed E-state index contributed by atoms with van der Waals surface area (Å²) >= 11 is 3.58. The topological polar surface area (TPSA) is 40.5 Å². The Labute approximate surface area is 111 Å². The fraction of sp³-hybridized carbons (Fsp3) is 0.857. The summed E-state index contributed by atoms with van der Waals surface area (Å²) in [5.74, 6) is 1.59. The van der Waals surface area contributed by atoms with Gasteiger partial charge in [0.15, 0.2) is 0 Å². The van der Waals surface area contributed by atoms with Crippen LogP contribution < -0.4 is 0 Å². The Bertz CT molecular complexity index is 354. The lowest BCUT2D eigenvalue weighted by Gasteiger charge is -2.33. The van der Waals surface area contributed by atoms with Crippen molar-refractivity contribution in [2.75, 3.05) is 0 Å². The zero-order valence-electron chi connectivity index (χ0n) is 10.3. The molecule has 3 saturated carbocycles. The van der Waals surface area contributed by atoms with Crippen LogP contribution in [0, 0.1) is 23.7 Å². The Morgan fingerprint density at radius 1 is 1.47 bits per heavy atom. The minimum absolute atomic E-state index is 0.255. The van der Waals surface area contributed by atoms with E-state index in [4.69, 9.17) is 0 Å². The van der Waals surface area contributed by atoms with Gasteiger partial charge in [0.2, 0.25) is 0 Å². The number of aliphatic hydroxyl groups is 2. The van der Waals surface area contributed by atoms with Gasteiger partial charge in [0.25, 0.3) is 0 Å². The number of alkyl halides is 1. The molecule has 0 saturated heterocycles. The van der Waals surface area contributed by atoms with Crippen molar-refractivity contribution in [1.82, 2.24) is 0 Å². The van der Waals surface area contributed by atoms with Crippen LogP contribution in [0.2, 0.25) is 0 Å². The first kappa shape index (κ1) is 12.2. The molecule has 0 heterocycles. The third-order valence-corrected chi connectivity index (χ3v) is 6.51. The van der Waals surface area contributed by atoms with Crippen LogP contribution in [0.5, 0.6) is 0 Å². The van der Waals surface area contributed by atoms with Gasteiger partial charge in [-0.15, -0.1) is 6.58 Å². The second kappa shape index (κ2) is 3.82. The Hall–Kier alpha value is 0.140. The van der Waals surface area contributed by atoms with E-state index >= 15 is 0 Å². The second-order valence-electron chi connectivity index (χ2n) is 6.49. The number of hydrogen-bond donors (Lipinski definition) is 2. The summed E-state index contributed by atoms with van der Waals surface area (Å²) in [7, 11) is 0. The molecule has 0 amide bonds. The summed E-state index contributed by atoms with van der Waals surface area (Å²) in [6, 6.07) is 0. The van der Waals surface area contributed by atoms with Crippen LogP contribution in [0.4, 0.5) is 0 Å². The van der Waals surface area contributed by atoms with Gasteiger partial charge in [-0.25, -0.2) is 0 Å². The van der Waals surface area contributed by atoms with Crippen LogP contribution in [-0.2, 0) is 0 Å². The standard InChI is InChI=1S/C14H21BrO2/c1-7(2)3-9-6-14(9,17)11-5-8-4-10(11)13(16)12(8)15/h8-13,16-17H,1,3-6H2,2H3. The zero-order valence-corrected chi connectivity index (χ0v) is 11.9. The first-order chi connectivity index (χ1) is 7.93. The molecule has 0 spiro atoms. The molecular weight excluding hydrogens is 280 g/mol. The average molecular weight is 301 g/mol. The van der Waals surface area contributed by atoms with E-state index in [1.165, 1.54) is 0 Å². The van der Waals surface area contributed by atoms with Gasteiger partial charge in [-0.2, -0.15) is 0 Å². The number of halogens is 1. The summed E-state index contributed by atoms with van der Waals surface area (Å²) in [5, 5.41) is 20.8. The van der Waals surface area contributed by atoms with Crippen LogP contribution in [0.25, 0.3) is 0 Å². The van der Waals surface area contributed by atoms with Crippen molar-refractivity contribution in [2.24, 2.45) is 23.7 Å². The molecule has 7 unspecified atom stereocenters. The van der Waals surface area contributed by atoms with Crippen LogP contribution in [0.1, 0.15) is 32.6 Å². The van der Waals surface area contributed by atoms with Gasteiger partial charge in [-0.05, 0) is 56.3 Å². The lowest BCUT2D eigenvalue weighted by Crippen LogP contribution is -2.40. The molecule has 3 aliphatic carbocycles. The van der Waals surface area contributed by atoms with E-state index in [9.17, 15) is 10.2 Å². The van der Waals surface area contributed by atoms with E-state index in [-0.39, 0.29) is 10.9 Å². The van der Waals surface area contributed by atoms with E-state index in [1.807, 2.05) is 6.92 Å². The monoisotopic (exact) mass is 300 g/mol. The highest BCUT2D eigenvalue weighted by Crippen LogP contribution is 2.63. The highest BCUT2D eigenvalue weighted by Gasteiger charge is 2.65. The summed E-state index contributed by atoms with van der Waals surface area (Å²) in [5.41, 5.74) is 0.667. The molecule has 0 radical (unpaired) electrons. The maximum Gasteiger partial charge on any atom is 0.0715 e. The van der Waals surface area contributed by atoms with E-state index < -0.39 is 5.60 Å². The predicted molar refractivity (Wildman–Crippen MR) is 70.9 cm³/mol. The average Bonchev–Trinajstić information content (AvgIpc) is 2.64. The third kappa shape index (κ3) is 1.73. The molecule has 3 heteroatoms. The fourth-order valence-corrected chi connectivity index (χ4v) is 5.12. The van der Waals surface area contributed by atoms with Gasteiger partial charge in [0.1, 0.15) is 0 Å². The minimum Gasteiger partial charge on any atom is -0.392 e. The van der Waals surface area contributed by atoms with Crippen LogP contribution in [0.15, 0.2) is 12.2 Å². The zero-order chi connectivity index (χ0) is 12.4. The molecule has 0 aromatic carbocycles. The van der Waals surface area contributed by atoms with Crippen molar-refractivity contribution in [3.63, 3.8) is 0 Å². The summed E-state index contributed by atoms with van der Waals surface area (Å²) in [6.07, 6.45) is 3.77. The van der Waals surface area contributed by atoms with Crippen LogP contribution in [-0.4, -0.2) is 26.7 Å². The fourth-order valence-electron chi connectivity index (χ4n) is 4.30. The molecule has 7 atom stereocenters. The molecule has 0 aromatic rings. The molecule has 3 fully saturated rings. The van der Waals surface area contributed by atoms with Gasteiger partial charge in [-0.1, -0.05) is 21.5 Å². The van der Waals surface area contributed by atoms with Crippen molar-refractivity contribution in [3.8, 4) is 0 Å². The van der Waals surface area contributed by atoms with Crippen LogP contribution in [0.3, 0.4) is 0 Å². The van der Waals surface area contributed by atoms with Crippen molar-refractivity contribution < 1.29 is 10.2 Å². The molecule has 96 valence electrons. The molecule has 0 aliphatic heterocycles. The summed E-state index contributed by atoms with van der Waals surface area (Å²) < 4.78 is 0. The molecular formula is C14H21BrO2. The molecule has 3 rings (SSSR count). The first-order valence-corrected chi connectivity index (χ1v) is 7.54. The summed E-state index contributed by atoms with van der Waals surface area (Å²) in [4.78, 5) is 0.255. The molecule has 17 heavy (non-hydrogen) atoms. The molecule has 2 bridgehead atoms. The number of hydrogen-bond acceptors (Lipinski definition) is 2. The van der Waals surface area contributed by atoms with Crippen LogP contribution >= 0.6 is 15.9 Å². The number of allylic oxidation sites excluding steroid dienone is 1. The van der Waals surface area contributed by atoms with Crippen molar-refractivity contribution in [2.45, 2.75) is 49.1 Å². The predicted octanol–water partition coefficient (Wildman–Crippen LogP) is 2.48. The van der Waals surface area contributed by atoms with Crippen molar-refractivity contribution in [3.05, 3.63) is 12.2 Å². The SMILES string of the molecule is C=C(C)CC1CC1(O)C1CC2CC1C(O)C2Br. The molecule has 3 aliphatic rings. The van der Waals surface area contributed by atoms with E-state index in [0.29, 0.717) is 23.7 Å². The second-order valence-corrected chi connectivity index (χ2v) is 7.55. The smallest absolute Gasteiger partial charge is 0.0715 e.